The molecule has 3 rings (SSSR count). The molecule has 0 radical (unpaired) electrons. The molecule has 1 N–H and O–H groups in total. The van der Waals surface area contributed by atoms with Crippen LogP contribution in [-0.4, -0.2) is 57.5 Å². The number of hydrogen-bond acceptors (Lipinski definition) is 6. The van der Waals surface area contributed by atoms with E-state index in [1.165, 1.54) is 4.90 Å². The molecule has 0 saturated carbocycles. The van der Waals surface area contributed by atoms with E-state index in [-0.39, 0.29) is 25.5 Å². The summed E-state index contributed by atoms with van der Waals surface area (Å²) in [7, 11) is 0. The van der Waals surface area contributed by atoms with E-state index in [0.717, 1.165) is 11.1 Å². The second-order valence-corrected chi connectivity index (χ2v) is 9.39. The fraction of sp³-hybridized carbons (Fsp3) is 0.480. The molecule has 1 heterocycles. The van der Waals surface area contributed by atoms with Crippen LogP contribution in [0.15, 0.2) is 60.7 Å². The summed E-state index contributed by atoms with van der Waals surface area (Å²) >= 11 is 0. The van der Waals surface area contributed by atoms with Gasteiger partial charge in [-0.25, -0.2) is 4.79 Å². The zero-order chi connectivity index (χ0) is 24.0. The monoisotopic (exact) mass is 456 g/mol. The molecule has 2 aromatic rings. The van der Waals surface area contributed by atoms with Crippen molar-refractivity contribution >= 4 is 6.09 Å². The second kappa shape index (κ2) is 10.8. The maximum Gasteiger partial charge on any atom is 0.410 e. The normalized spacial score (nSPS) is 20.3. The molecule has 1 amide bonds. The van der Waals surface area contributed by atoms with E-state index in [0.29, 0.717) is 6.61 Å². The Morgan fingerprint density at radius 2 is 1.70 bits per heavy atom. The van der Waals surface area contributed by atoms with Crippen LogP contribution in [-0.2, 0) is 22.5 Å². The van der Waals surface area contributed by atoms with Crippen LogP contribution in [0.4, 0.5) is 4.79 Å². The van der Waals surface area contributed by atoms with E-state index in [1.54, 1.807) is 45.0 Å². The highest BCUT2D eigenvalue weighted by Gasteiger charge is 2.47. The lowest BCUT2D eigenvalue weighted by atomic mass is 9.95. The highest BCUT2D eigenvalue weighted by Crippen LogP contribution is 2.29. The van der Waals surface area contributed by atoms with Gasteiger partial charge in [-0.3, -0.25) is 15.0 Å². The average Bonchev–Trinajstić information content (AvgIpc) is 3.20. The Hall–Kier alpha value is -2.97. The highest BCUT2D eigenvalue weighted by molar-refractivity contribution is 5.69. The summed E-state index contributed by atoms with van der Waals surface area (Å²) in [4.78, 5) is 25.7. The number of aliphatic hydroxyl groups is 1. The minimum atomic E-state index is -1.38. The molecule has 0 aliphatic carbocycles. The van der Waals surface area contributed by atoms with E-state index in [4.69, 9.17) is 9.47 Å². The first-order valence-electron chi connectivity index (χ1n) is 11.1. The van der Waals surface area contributed by atoms with Gasteiger partial charge in [0.1, 0.15) is 11.7 Å². The Bertz CT molecular complexity index is 915. The van der Waals surface area contributed by atoms with Crippen molar-refractivity contribution in [3.05, 3.63) is 81.9 Å². The third-order valence-electron chi connectivity index (χ3n) is 5.61. The van der Waals surface area contributed by atoms with Crippen LogP contribution in [0.5, 0.6) is 0 Å². The number of nitro groups is 1. The lowest BCUT2D eigenvalue weighted by molar-refractivity contribution is -0.535. The van der Waals surface area contributed by atoms with Crippen molar-refractivity contribution in [2.75, 3.05) is 6.54 Å². The van der Waals surface area contributed by atoms with Crippen LogP contribution in [0, 0.1) is 10.1 Å². The van der Waals surface area contributed by atoms with Gasteiger partial charge in [0.15, 0.2) is 0 Å². The lowest BCUT2D eigenvalue weighted by Crippen LogP contribution is -2.51. The third-order valence-corrected chi connectivity index (χ3v) is 5.61. The molecule has 2 unspecified atom stereocenters. The largest absolute Gasteiger partial charge is 0.444 e. The summed E-state index contributed by atoms with van der Waals surface area (Å²) < 4.78 is 11.5. The Morgan fingerprint density at radius 3 is 2.24 bits per heavy atom. The molecule has 0 aromatic heterocycles. The molecular formula is C25H32N2O6. The number of benzene rings is 2. The van der Waals surface area contributed by atoms with Gasteiger partial charge < -0.3 is 14.6 Å². The lowest BCUT2D eigenvalue weighted by Gasteiger charge is -2.31. The summed E-state index contributed by atoms with van der Waals surface area (Å²) in [6.07, 6.45) is -2.02. The van der Waals surface area contributed by atoms with Gasteiger partial charge in [0.05, 0.1) is 25.3 Å². The number of aliphatic hydroxyl groups excluding tert-OH is 1. The third kappa shape index (κ3) is 7.00. The number of rotatable bonds is 8. The van der Waals surface area contributed by atoms with E-state index in [1.807, 2.05) is 36.4 Å². The summed E-state index contributed by atoms with van der Waals surface area (Å²) in [5.41, 5.74) is 0.997. The fourth-order valence-corrected chi connectivity index (χ4v) is 4.02. The van der Waals surface area contributed by atoms with Crippen molar-refractivity contribution in [2.45, 2.75) is 70.1 Å². The van der Waals surface area contributed by atoms with Crippen LogP contribution in [0.25, 0.3) is 0 Å². The topological polar surface area (TPSA) is 102 Å². The number of hydrogen-bond donors (Lipinski definition) is 1. The van der Waals surface area contributed by atoms with E-state index < -0.39 is 34.8 Å². The van der Waals surface area contributed by atoms with Crippen LogP contribution in [0.3, 0.4) is 0 Å². The molecule has 33 heavy (non-hydrogen) atoms. The quantitative estimate of drug-likeness (QED) is 0.478. The first-order chi connectivity index (χ1) is 15.6. The number of likely N-dealkylation sites (tertiary alicyclic amines) is 1. The van der Waals surface area contributed by atoms with Gasteiger partial charge in [-0.15, -0.1) is 0 Å². The predicted octanol–water partition coefficient (Wildman–Crippen LogP) is 3.83. The van der Waals surface area contributed by atoms with Gasteiger partial charge in [-0.1, -0.05) is 60.7 Å². The Kier molecular flexibility index (Phi) is 8.05. The van der Waals surface area contributed by atoms with Crippen LogP contribution >= 0.6 is 0 Å². The first-order valence-corrected chi connectivity index (χ1v) is 11.1. The first kappa shape index (κ1) is 24.7. The molecule has 1 aliphatic rings. The van der Waals surface area contributed by atoms with E-state index in [9.17, 15) is 20.0 Å². The minimum absolute atomic E-state index is 0.0587. The maximum atomic E-state index is 12.9. The van der Waals surface area contributed by atoms with Gasteiger partial charge in [0, 0.05) is 11.3 Å². The summed E-state index contributed by atoms with van der Waals surface area (Å²) in [5.74, 6) is 0. The fourth-order valence-electron chi connectivity index (χ4n) is 4.02. The molecule has 1 fully saturated rings. The van der Waals surface area contributed by atoms with E-state index in [2.05, 4.69) is 0 Å². The van der Waals surface area contributed by atoms with Gasteiger partial charge in [-0.2, -0.15) is 0 Å². The van der Waals surface area contributed by atoms with Gasteiger partial charge >= 0.3 is 6.09 Å². The van der Waals surface area contributed by atoms with Crippen molar-refractivity contribution in [3.8, 4) is 0 Å². The molecule has 2 aromatic carbocycles. The Labute approximate surface area is 194 Å². The number of ether oxygens (including phenoxy) is 2. The molecule has 4 atom stereocenters. The zero-order valence-corrected chi connectivity index (χ0v) is 19.3. The molecular weight excluding hydrogens is 424 g/mol. The standard InChI is InChI=1S/C25H32N2O6/c1-25(2,3)33-24(29)26-16-20(32-17-19-12-8-5-9-13-19)15-21(26)23(28)22(27(30)31)14-18-10-6-4-7-11-18/h4-13,20-23,28H,14-17H2,1-3H3/t20?,21?,22-,23+/m0/s1. The number of carbonyl (C=O) groups is 1. The van der Waals surface area contributed by atoms with Crippen molar-refractivity contribution < 1.29 is 24.3 Å². The Morgan fingerprint density at radius 1 is 1.12 bits per heavy atom. The summed E-state index contributed by atoms with van der Waals surface area (Å²) in [6, 6.07) is 16.6. The second-order valence-electron chi connectivity index (χ2n) is 9.39. The average molecular weight is 457 g/mol. The van der Waals surface area contributed by atoms with Crippen molar-refractivity contribution in [3.63, 3.8) is 0 Å². The van der Waals surface area contributed by atoms with Gasteiger partial charge in [0.25, 0.3) is 0 Å². The van der Waals surface area contributed by atoms with Crippen molar-refractivity contribution in [2.24, 2.45) is 0 Å². The molecule has 0 bridgehead atoms. The summed E-state index contributed by atoms with van der Waals surface area (Å²) in [5, 5.41) is 23.0. The van der Waals surface area contributed by atoms with E-state index >= 15 is 0 Å². The van der Waals surface area contributed by atoms with Crippen LogP contribution < -0.4 is 0 Å². The minimum Gasteiger partial charge on any atom is -0.444 e. The van der Waals surface area contributed by atoms with Crippen LogP contribution in [0.2, 0.25) is 0 Å². The number of nitrogens with zero attached hydrogens (tertiary/aromatic N) is 2. The number of amides is 1. The molecule has 1 aliphatic heterocycles. The maximum absolute atomic E-state index is 12.9. The SMILES string of the molecule is CC(C)(C)OC(=O)N1CC(OCc2ccccc2)CC1[C@@H](O)[C@H](Cc1ccccc1)[N+](=O)[O-]. The predicted molar refractivity (Wildman–Crippen MR) is 123 cm³/mol. The van der Waals surface area contributed by atoms with Gasteiger partial charge in [-0.05, 0) is 38.3 Å². The highest BCUT2D eigenvalue weighted by atomic mass is 16.6. The number of carbonyl (C=O) groups excluding carboxylic acids is 1. The van der Waals surface area contributed by atoms with Gasteiger partial charge in [0.2, 0.25) is 6.04 Å². The zero-order valence-electron chi connectivity index (χ0n) is 19.3. The molecule has 8 nitrogen and oxygen atoms in total. The molecule has 8 heteroatoms. The summed E-state index contributed by atoms with van der Waals surface area (Å²) in [6.45, 7) is 5.81. The smallest absolute Gasteiger partial charge is 0.410 e. The Balaban J connectivity index is 1.77. The molecule has 0 spiro atoms. The van der Waals surface area contributed by atoms with Crippen molar-refractivity contribution in [1.82, 2.24) is 4.90 Å². The van der Waals surface area contributed by atoms with Crippen molar-refractivity contribution in [1.29, 1.82) is 0 Å². The molecule has 178 valence electrons. The van der Waals surface area contributed by atoms with Crippen LogP contribution in [0.1, 0.15) is 38.3 Å². The molecule has 1 saturated heterocycles.